The number of anilines is 1. The molecular formula is C10H13N3O. The van der Waals surface area contributed by atoms with Crippen LogP contribution < -0.4 is 10.6 Å². The van der Waals surface area contributed by atoms with Gasteiger partial charge in [0.2, 0.25) is 5.89 Å². The van der Waals surface area contributed by atoms with Crippen molar-refractivity contribution in [2.24, 2.45) is 5.73 Å². The average Bonchev–Trinajstić information content (AvgIpc) is 2.58. The molecule has 0 amide bonds. The summed E-state index contributed by atoms with van der Waals surface area (Å²) in [5, 5.41) is 0. The fourth-order valence-electron chi connectivity index (χ4n) is 1.33. The highest BCUT2D eigenvalue weighted by Gasteiger charge is 2.05. The normalized spacial score (nSPS) is 10.8. The number of aromatic nitrogens is 1. The fourth-order valence-corrected chi connectivity index (χ4v) is 1.33. The molecule has 14 heavy (non-hydrogen) atoms. The smallest absolute Gasteiger partial charge is 0.209 e. The van der Waals surface area contributed by atoms with Gasteiger partial charge in [0.1, 0.15) is 5.52 Å². The summed E-state index contributed by atoms with van der Waals surface area (Å²) in [6.45, 7) is 0.339. The van der Waals surface area contributed by atoms with E-state index in [4.69, 9.17) is 10.2 Å². The number of nitrogens with zero attached hydrogens (tertiary/aromatic N) is 2. The maximum absolute atomic E-state index is 5.45. The molecule has 0 aliphatic heterocycles. The van der Waals surface area contributed by atoms with Crippen molar-refractivity contribution in [3.05, 3.63) is 24.1 Å². The first-order valence-corrected chi connectivity index (χ1v) is 4.47. The van der Waals surface area contributed by atoms with Crippen molar-refractivity contribution in [1.29, 1.82) is 0 Å². The van der Waals surface area contributed by atoms with Crippen molar-refractivity contribution >= 4 is 16.8 Å². The third kappa shape index (κ3) is 1.44. The highest BCUT2D eigenvalue weighted by atomic mass is 16.3. The minimum atomic E-state index is 0.339. The number of fused-ring (bicyclic) bond motifs is 1. The third-order valence-electron chi connectivity index (χ3n) is 2.11. The van der Waals surface area contributed by atoms with E-state index in [2.05, 4.69) is 4.98 Å². The number of hydrogen-bond donors (Lipinski definition) is 1. The summed E-state index contributed by atoms with van der Waals surface area (Å²) in [6.07, 6.45) is 0. The van der Waals surface area contributed by atoms with Crippen LogP contribution in [0.3, 0.4) is 0 Å². The first-order chi connectivity index (χ1) is 6.70. The van der Waals surface area contributed by atoms with Crippen molar-refractivity contribution in [2.75, 3.05) is 19.0 Å². The summed E-state index contributed by atoms with van der Waals surface area (Å²) in [4.78, 5) is 6.24. The molecule has 1 aromatic heterocycles. The molecule has 2 N–H and O–H groups in total. The number of hydrogen-bond acceptors (Lipinski definition) is 4. The molecule has 0 saturated heterocycles. The van der Waals surface area contributed by atoms with E-state index in [0.717, 1.165) is 16.8 Å². The molecule has 4 nitrogen and oxygen atoms in total. The molecule has 74 valence electrons. The van der Waals surface area contributed by atoms with E-state index < -0.39 is 0 Å². The second kappa shape index (κ2) is 3.31. The minimum absolute atomic E-state index is 0.339. The van der Waals surface area contributed by atoms with Crippen molar-refractivity contribution in [3.8, 4) is 0 Å². The Morgan fingerprint density at radius 3 is 2.86 bits per heavy atom. The average molecular weight is 191 g/mol. The Kier molecular flexibility index (Phi) is 2.13. The highest BCUT2D eigenvalue weighted by Crippen LogP contribution is 2.21. The van der Waals surface area contributed by atoms with Gasteiger partial charge in [-0.05, 0) is 12.1 Å². The van der Waals surface area contributed by atoms with Gasteiger partial charge in [0, 0.05) is 25.8 Å². The zero-order valence-electron chi connectivity index (χ0n) is 8.32. The van der Waals surface area contributed by atoms with E-state index in [9.17, 15) is 0 Å². The van der Waals surface area contributed by atoms with Crippen LogP contribution in [-0.2, 0) is 6.54 Å². The molecule has 0 fully saturated rings. The van der Waals surface area contributed by atoms with E-state index in [0.29, 0.717) is 12.4 Å². The first-order valence-electron chi connectivity index (χ1n) is 4.47. The third-order valence-corrected chi connectivity index (χ3v) is 2.11. The van der Waals surface area contributed by atoms with Crippen LogP contribution in [0.4, 0.5) is 5.69 Å². The lowest BCUT2D eigenvalue weighted by Gasteiger charge is -2.10. The summed E-state index contributed by atoms with van der Waals surface area (Å²) in [7, 11) is 3.97. The zero-order chi connectivity index (χ0) is 10.1. The predicted molar refractivity (Wildman–Crippen MR) is 56.2 cm³/mol. The van der Waals surface area contributed by atoms with Crippen molar-refractivity contribution in [3.63, 3.8) is 0 Å². The van der Waals surface area contributed by atoms with E-state index >= 15 is 0 Å². The second-order valence-corrected chi connectivity index (χ2v) is 3.36. The summed E-state index contributed by atoms with van der Waals surface area (Å²) in [6, 6.07) is 5.90. The van der Waals surface area contributed by atoms with Crippen LogP contribution in [0.25, 0.3) is 11.1 Å². The standard InChI is InChI=1S/C10H13N3O/c1-13(2)7-3-4-8-9(5-7)14-10(6-11)12-8/h3-5H,6,11H2,1-2H3. The first kappa shape index (κ1) is 9.02. The number of nitrogens with two attached hydrogens (primary N) is 1. The SMILES string of the molecule is CN(C)c1ccc2nc(CN)oc2c1. The molecule has 0 saturated carbocycles. The van der Waals surface area contributed by atoms with E-state index in [1.165, 1.54) is 0 Å². The zero-order valence-corrected chi connectivity index (χ0v) is 8.32. The van der Waals surface area contributed by atoms with Crippen LogP contribution in [0.5, 0.6) is 0 Å². The Balaban J connectivity index is 2.54. The summed E-state index contributed by atoms with van der Waals surface area (Å²) in [5.74, 6) is 0.580. The number of benzene rings is 1. The van der Waals surface area contributed by atoms with E-state index in [1.807, 2.05) is 37.2 Å². The lowest BCUT2D eigenvalue weighted by atomic mass is 10.3. The van der Waals surface area contributed by atoms with Gasteiger partial charge in [-0.2, -0.15) is 0 Å². The van der Waals surface area contributed by atoms with Crippen LogP contribution in [0.1, 0.15) is 5.89 Å². The number of rotatable bonds is 2. The largest absolute Gasteiger partial charge is 0.439 e. The summed E-state index contributed by atoms with van der Waals surface area (Å²) >= 11 is 0. The molecule has 0 bridgehead atoms. The molecule has 0 spiro atoms. The molecule has 4 heteroatoms. The molecule has 1 aromatic carbocycles. The second-order valence-electron chi connectivity index (χ2n) is 3.36. The molecule has 0 aliphatic carbocycles. The van der Waals surface area contributed by atoms with Gasteiger partial charge < -0.3 is 15.1 Å². The van der Waals surface area contributed by atoms with Crippen molar-refractivity contribution in [2.45, 2.75) is 6.54 Å². The van der Waals surface area contributed by atoms with Crippen molar-refractivity contribution < 1.29 is 4.42 Å². The van der Waals surface area contributed by atoms with Gasteiger partial charge in [-0.25, -0.2) is 4.98 Å². The van der Waals surface area contributed by atoms with Gasteiger partial charge in [0.25, 0.3) is 0 Å². The van der Waals surface area contributed by atoms with Crippen LogP contribution in [0.2, 0.25) is 0 Å². The lowest BCUT2D eigenvalue weighted by molar-refractivity contribution is 0.533. The molecule has 2 rings (SSSR count). The molecular weight excluding hydrogens is 178 g/mol. The molecule has 1 heterocycles. The predicted octanol–water partition coefficient (Wildman–Crippen LogP) is 1.35. The summed E-state index contributed by atoms with van der Waals surface area (Å²) in [5.41, 5.74) is 8.19. The molecule has 0 atom stereocenters. The molecule has 2 aromatic rings. The molecule has 0 aliphatic rings. The van der Waals surface area contributed by atoms with E-state index in [-0.39, 0.29) is 0 Å². The maximum Gasteiger partial charge on any atom is 0.209 e. The van der Waals surface area contributed by atoms with Gasteiger partial charge in [0.05, 0.1) is 6.54 Å². The Morgan fingerprint density at radius 2 is 2.21 bits per heavy atom. The molecule has 0 unspecified atom stereocenters. The van der Waals surface area contributed by atoms with Crippen molar-refractivity contribution in [1.82, 2.24) is 4.98 Å². The van der Waals surface area contributed by atoms with Crippen LogP contribution in [0.15, 0.2) is 22.6 Å². The Labute approximate surface area is 82.3 Å². The fraction of sp³-hybridized carbons (Fsp3) is 0.300. The Hall–Kier alpha value is -1.55. The Morgan fingerprint density at radius 1 is 1.43 bits per heavy atom. The van der Waals surface area contributed by atoms with Gasteiger partial charge in [-0.15, -0.1) is 0 Å². The van der Waals surface area contributed by atoms with Gasteiger partial charge in [-0.3, -0.25) is 0 Å². The lowest BCUT2D eigenvalue weighted by Crippen LogP contribution is -2.07. The Bertz CT molecular complexity index is 448. The molecule has 0 radical (unpaired) electrons. The monoisotopic (exact) mass is 191 g/mol. The maximum atomic E-state index is 5.45. The van der Waals surface area contributed by atoms with E-state index in [1.54, 1.807) is 0 Å². The number of oxazole rings is 1. The summed E-state index contributed by atoms with van der Waals surface area (Å²) < 4.78 is 5.45. The van der Waals surface area contributed by atoms with Gasteiger partial charge in [0.15, 0.2) is 5.58 Å². The van der Waals surface area contributed by atoms with Crippen LogP contribution >= 0.6 is 0 Å². The van der Waals surface area contributed by atoms with Gasteiger partial charge in [-0.1, -0.05) is 0 Å². The van der Waals surface area contributed by atoms with Crippen LogP contribution in [0, 0.1) is 0 Å². The highest BCUT2D eigenvalue weighted by molar-refractivity contribution is 5.77. The van der Waals surface area contributed by atoms with Gasteiger partial charge >= 0.3 is 0 Å². The minimum Gasteiger partial charge on any atom is -0.439 e. The van der Waals surface area contributed by atoms with Crippen LogP contribution in [-0.4, -0.2) is 19.1 Å². The quantitative estimate of drug-likeness (QED) is 0.778. The topological polar surface area (TPSA) is 55.3 Å².